The van der Waals surface area contributed by atoms with Crippen molar-refractivity contribution in [2.45, 2.75) is 25.8 Å². The Hall–Kier alpha value is -1.35. The second-order valence-corrected chi connectivity index (χ2v) is 5.21. The standard InChI is InChI=1S/C15H19FN2/c1-17-13(11-18-8-3-2-4-9-18)10-12-6-5-7-14(16)15(12)17/h5-7,10H,2-4,8-9,11H2,1H3. The molecule has 3 rings (SSSR count). The summed E-state index contributed by atoms with van der Waals surface area (Å²) in [6, 6.07) is 7.42. The maximum Gasteiger partial charge on any atom is 0.147 e. The van der Waals surface area contributed by atoms with Crippen molar-refractivity contribution >= 4 is 10.9 Å². The molecular weight excluding hydrogens is 227 g/mol. The highest BCUT2D eigenvalue weighted by Crippen LogP contribution is 2.23. The Morgan fingerprint density at radius 2 is 1.94 bits per heavy atom. The van der Waals surface area contributed by atoms with E-state index in [9.17, 15) is 4.39 Å². The normalized spacial score (nSPS) is 17.4. The Kier molecular flexibility index (Phi) is 3.08. The highest BCUT2D eigenvalue weighted by Gasteiger charge is 2.14. The van der Waals surface area contributed by atoms with E-state index in [1.165, 1.54) is 44.1 Å². The van der Waals surface area contributed by atoms with Gasteiger partial charge in [-0.1, -0.05) is 18.6 Å². The second-order valence-electron chi connectivity index (χ2n) is 5.21. The molecule has 0 bridgehead atoms. The molecule has 1 aliphatic heterocycles. The van der Waals surface area contributed by atoms with Crippen molar-refractivity contribution in [1.82, 2.24) is 9.47 Å². The van der Waals surface area contributed by atoms with Crippen LogP contribution in [0.3, 0.4) is 0 Å². The molecule has 0 spiro atoms. The predicted octanol–water partition coefficient (Wildman–Crippen LogP) is 3.30. The third kappa shape index (κ3) is 2.03. The topological polar surface area (TPSA) is 8.17 Å². The Bertz CT molecular complexity index is 553. The average molecular weight is 246 g/mol. The Balaban J connectivity index is 1.92. The van der Waals surface area contributed by atoms with E-state index in [2.05, 4.69) is 11.0 Å². The van der Waals surface area contributed by atoms with Crippen molar-refractivity contribution in [3.63, 3.8) is 0 Å². The smallest absolute Gasteiger partial charge is 0.147 e. The first-order valence-electron chi connectivity index (χ1n) is 6.71. The molecule has 2 heterocycles. The summed E-state index contributed by atoms with van der Waals surface area (Å²) in [6.45, 7) is 3.28. The van der Waals surface area contributed by atoms with Gasteiger partial charge in [-0.05, 0) is 38.1 Å². The molecule has 0 radical (unpaired) electrons. The number of hydrogen-bond acceptors (Lipinski definition) is 1. The van der Waals surface area contributed by atoms with Crippen LogP contribution < -0.4 is 0 Å². The van der Waals surface area contributed by atoms with Gasteiger partial charge >= 0.3 is 0 Å². The molecule has 0 atom stereocenters. The minimum absolute atomic E-state index is 0.125. The number of benzene rings is 1. The molecule has 0 N–H and O–H groups in total. The fraction of sp³-hybridized carbons (Fsp3) is 0.467. The van der Waals surface area contributed by atoms with Gasteiger partial charge in [-0.3, -0.25) is 4.90 Å². The lowest BCUT2D eigenvalue weighted by molar-refractivity contribution is 0.217. The van der Waals surface area contributed by atoms with E-state index in [0.29, 0.717) is 0 Å². The van der Waals surface area contributed by atoms with Gasteiger partial charge in [0.15, 0.2) is 0 Å². The largest absolute Gasteiger partial charge is 0.344 e. The number of fused-ring (bicyclic) bond motifs is 1. The lowest BCUT2D eigenvalue weighted by atomic mass is 10.1. The zero-order valence-electron chi connectivity index (χ0n) is 10.8. The van der Waals surface area contributed by atoms with Crippen molar-refractivity contribution in [3.05, 3.63) is 35.8 Å². The van der Waals surface area contributed by atoms with Crippen molar-refractivity contribution in [3.8, 4) is 0 Å². The van der Waals surface area contributed by atoms with Gasteiger partial charge in [-0.15, -0.1) is 0 Å². The zero-order chi connectivity index (χ0) is 12.5. The minimum atomic E-state index is -0.125. The van der Waals surface area contributed by atoms with E-state index in [0.717, 1.165) is 17.4 Å². The highest BCUT2D eigenvalue weighted by atomic mass is 19.1. The number of nitrogens with zero attached hydrogens (tertiary/aromatic N) is 2. The molecule has 1 aromatic carbocycles. The van der Waals surface area contributed by atoms with Gasteiger partial charge in [0.05, 0.1) is 5.52 Å². The van der Waals surface area contributed by atoms with E-state index in [4.69, 9.17) is 0 Å². The van der Waals surface area contributed by atoms with Gasteiger partial charge in [0.25, 0.3) is 0 Å². The van der Waals surface area contributed by atoms with Crippen LogP contribution in [0.1, 0.15) is 25.0 Å². The van der Waals surface area contributed by atoms with Crippen LogP contribution in [0.25, 0.3) is 10.9 Å². The Labute approximate surface area is 107 Å². The number of likely N-dealkylation sites (tertiary alicyclic amines) is 1. The molecule has 96 valence electrons. The van der Waals surface area contributed by atoms with Gasteiger partial charge in [0.1, 0.15) is 5.82 Å². The molecule has 1 aromatic heterocycles. The third-order valence-electron chi connectivity index (χ3n) is 3.94. The molecule has 1 saturated heterocycles. The molecule has 2 aromatic rings. The van der Waals surface area contributed by atoms with Crippen LogP contribution in [0.4, 0.5) is 4.39 Å². The molecule has 1 aliphatic rings. The molecule has 18 heavy (non-hydrogen) atoms. The maximum absolute atomic E-state index is 13.8. The maximum atomic E-state index is 13.8. The molecule has 0 unspecified atom stereocenters. The summed E-state index contributed by atoms with van der Waals surface area (Å²) in [5.74, 6) is -0.125. The molecule has 2 nitrogen and oxygen atoms in total. The summed E-state index contributed by atoms with van der Waals surface area (Å²) in [5, 5.41) is 1.00. The van der Waals surface area contributed by atoms with Gasteiger partial charge in [-0.2, -0.15) is 0 Å². The fourth-order valence-corrected chi connectivity index (χ4v) is 2.92. The van der Waals surface area contributed by atoms with Gasteiger partial charge in [-0.25, -0.2) is 4.39 Å². The molecule has 1 fully saturated rings. The summed E-state index contributed by atoms with van der Waals surface area (Å²) in [7, 11) is 1.96. The van der Waals surface area contributed by atoms with Crippen LogP contribution in [-0.4, -0.2) is 22.6 Å². The minimum Gasteiger partial charge on any atom is -0.344 e. The molecule has 3 heteroatoms. The number of hydrogen-bond donors (Lipinski definition) is 0. The Morgan fingerprint density at radius 3 is 2.67 bits per heavy atom. The van der Waals surface area contributed by atoms with Crippen LogP contribution in [0.2, 0.25) is 0 Å². The first-order valence-corrected chi connectivity index (χ1v) is 6.71. The third-order valence-corrected chi connectivity index (χ3v) is 3.94. The first-order chi connectivity index (χ1) is 8.75. The van der Waals surface area contributed by atoms with Gasteiger partial charge in [0, 0.05) is 24.7 Å². The summed E-state index contributed by atoms with van der Waals surface area (Å²) in [4.78, 5) is 2.47. The van der Waals surface area contributed by atoms with Crippen molar-refractivity contribution < 1.29 is 4.39 Å². The molecular formula is C15H19FN2. The lowest BCUT2D eigenvalue weighted by Crippen LogP contribution is -2.29. The van der Waals surface area contributed by atoms with Crippen LogP contribution in [-0.2, 0) is 13.6 Å². The summed E-state index contributed by atoms with van der Waals surface area (Å²) < 4.78 is 15.8. The second kappa shape index (κ2) is 4.73. The van der Waals surface area contributed by atoms with E-state index >= 15 is 0 Å². The van der Waals surface area contributed by atoms with E-state index in [1.807, 2.05) is 17.7 Å². The summed E-state index contributed by atoms with van der Waals surface area (Å²) >= 11 is 0. The predicted molar refractivity (Wildman–Crippen MR) is 72.0 cm³/mol. The molecule has 0 saturated carbocycles. The van der Waals surface area contributed by atoms with Gasteiger partial charge < -0.3 is 4.57 Å². The lowest BCUT2D eigenvalue weighted by Gasteiger charge is -2.26. The van der Waals surface area contributed by atoms with Gasteiger partial charge in [0.2, 0.25) is 0 Å². The van der Waals surface area contributed by atoms with E-state index in [1.54, 1.807) is 6.07 Å². The molecule has 0 aliphatic carbocycles. The van der Waals surface area contributed by atoms with Crippen LogP contribution >= 0.6 is 0 Å². The van der Waals surface area contributed by atoms with E-state index in [-0.39, 0.29) is 5.82 Å². The summed E-state index contributed by atoms with van der Waals surface area (Å²) in [5.41, 5.74) is 1.93. The highest BCUT2D eigenvalue weighted by molar-refractivity contribution is 5.81. The van der Waals surface area contributed by atoms with Crippen molar-refractivity contribution in [2.75, 3.05) is 13.1 Å². The quantitative estimate of drug-likeness (QED) is 0.789. The average Bonchev–Trinajstić information content (AvgIpc) is 2.69. The molecule has 0 amide bonds. The summed E-state index contributed by atoms with van der Waals surface area (Å²) in [6.07, 6.45) is 3.93. The number of aromatic nitrogens is 1. The number of halogens is 1. The number of rotatable bonds is 2. The van der Waals surface area contributed by atoms with Crippen molar-refractivity contribution in [1.29, 1.82) is 0 Å². The monoisotopic (exact) mass is 246 g/mol. The van der Waals surface area contributed by atoms with E-state index < -0.39 is 0 Å². The number of piperidine rings is 1. The Morgan fingerprint density at radius 1 is 1.17 bits per heavy atom. The van der Waals surface area contributed by atoms with Crippen LogP contribution in [0, 0.1) is 5.82 Å². The SMILES string of the molecule is Cn1c(CN2CCCCC2)cc2cccc(F)c21. The zero-order valence-corrected chi connectivity index (χ0v) is 10.8. The number of aryl methyl sites for hydroxylation is 1. The fourth-order valence-electron chi connectivity index (χ4n) is 2.92. The number of para-hydroxylation sites is 1. The van der Waals surface area contributed by atoms with Crippen LogP contribution in [0.15, 0.2) is 24.3 Å². The van der Waals surface area contributed by atoms with Crippen LogP contribution in [0.5, 0.6) is 0 Å². The first kappa shape index (κ1) is 11.7. The van der Waals surface area contributed by atoms with Crippen molar-refractivity contribution in [2.24, 2.45) is 7.05 Å².